The molecule has 0 spiro atoms. The third-order valence-corrected chi connectivity index (χ3v) is 3.35. The van der Waals surface area contributed by atoms with Gasteiger partial charge in [0, 0.05) is 12.6 Å². The van der Waals surface area contributed by atoms with Gasteiger partial charge in [0.05, 0.1) is 6.54 Å². The normalized spacial score (nSPS) is 21.4. The van der Waals surface area contributed by atoms with E-state index in [4.69, 9.17) is 0 Å². The van der Waals surface area contributed by atoms with Crippen LogP contribution >= 0.6 is 0 Å². The molecule has 1 aromatic rings. The Labute approximate surface area is 103 Å². The lowest BCUT2D eigenvalue weighted by atomic mass is 10.0. The second kappa shape index (κ2) is 5.96. The first-order valence-electron chi connectivity index (χ1n) is 6.45. The molecule has 0 aromatic carbocycles. The predicted octanol–water partition coefficient (Wildman–Crippen LogP) is 2.10. The number of piperidine rings is 1. The first-order chi connectivity index (χ1) is 8.25. The van der Waals surface area contributed by atoms with Gasteiger partial charge in [-0.1, -0.05) is 18.1 Å². The summed E-state index contributed by atoms with van der Waals surface area (Å²) in [6.45, 7) is 7.58. The van der Waals surface area contributed by atoms with Crippen LogP contribution in [0.1, 0.15) is 33.1 Å². The Morgan fingerprint density at radius 1 is 1.41 bits per heavy atom. The van der Waals surface area contributed by atoms with E-state index < -0.39 is 0 Å². The van der Waals surface area contributed by atoms with E-state index in [9.17, 15) is 0 Å². The van der Waals surface area contributed by atoms with Crippen molar-refractivity contribution in [3.63, 3.8) is 0 Å². The maximum Gasteiger partial charge on any atom is 0.137 e. The van der Waals surface area contributed by atoms with E-state index >= 15 is 0 Å². The maximum absolute atomic E-state index is 4.20. The molecular weight excluding hydrogens is 212 g/mol. The highest BCUT2D eigenvalue weighted by Crippen LogP contribution is 2.18. The molecule has 0 bridgehead atoms. The molecule has 1 aliphatic heterocycles. The smallest absolute Gasteiger partial charge is 0.137 e. The molecule has 2 heterocycles. The van der Waals surface area contributed by atoms with Crippen molar-refractivity contribution in [3.8, 4) is 0 Å². The zero-order valence-corrected chi connectivity index (χ0v) is 10.8. The molecule has 17 heavy (non-hydrogen) atoms. The monoisotopic (exact) mass is 234 g/mol. The average molecular weight is 234 g/mol. The second-order valence-electron chi connectivity index (χ2n) is 5.04. The number of likely N-dealkylation sites (tertiary alicyclic amines) is 1. The summed E-state index contributed by atoms with van der Waals surface area (Å²) in [4.78, 5) is 6.58. The van der Waals surface area contributed by atoms with E-state index in [1.54, 1.807) is 6.33 Å². The zero-order valence-electron chi connectivity index (χ0n) is 10.8. The average Bonchev–Trinajstić information content (AvgIpc) is 2.80. The summed E-state index contributed by atoms with van der Waals surface area (Å²) in [6, 6.07) is 0.612. The summed E-state index contributed by atoms with van der Waals surface area (Å²) in [5, 5.41) is 4.20. The molecule has 4 nitrogen and oxygen atoms in total. The number of nitrogens with zero attached hydrogens (tertiary/aromatic N) is 4. The Kier molecular flexibility index (Phi) is 4.31. The fraction of sp³-hybridized carbons (Fsp3) is 0.692. The van der Waals surface area contributed by atoms with Gasteiger partial charge in [0.25, 0.3) is 0 Å². The highest BCUT2D eigenvalue weighted by atomic mass is 15.3. The lowest BCUT2D eigenvalue weighted by Gasteiger charge is -2.34. The highest BCUT2D eigenvalue weighted by molar-refractivity contribution is 4.96. The molecule has 0 amide bonds. The minimum absolute atomic E-state index is 0.612. The van der Waals surface area contributed by atoms with E-state index in [1.807, 2.05) is 11.0 Å². The Hall–Kier alpha value is -1.16. The summed E-state index contributed by atoms with van der Waals surface area (Å²) in [6.07, 6.45) is 9.68. The summed E-state index contributed by atoms with van der Waals surface area (Å²) < 4.78 is 1.95. The van der Waals surface area contributed by atoms with Crippen molar-refractivity contribution in [2.24, 2.45) is 0 Å². The van der Waals surface area contributed by atoms with Crippen molar-refractivity contribution in [2.45, 2.75) is 45.7 Å². The number of aromatic nitrogens is 3. The number of rotatable bonds is 4. The van der Waals surface area contributed by atoms with E-state index in [0.717, 1.165) is 13.1 Å². The van der Waals surface area contributed by atoms with Gasteiger partial charge < -0.3 is 0 Å². The van der Waals surface area contributed by atoms with Gasteiger partial charge in [-0.25, -0.2) is 4.98 Å². The topological polar surface area (TPSA) is 34.0 Å². The summed E-state index contributed by atoms with van der Waals surface area (Å²) in [5.74, 6) is 0. The highest BCUT2D eigenvalue weighted by Gasteiger charge is 2.21. The van der Waals surface area contributed by atoms with E-state index in [0.29, 0.717) is 6.04 Å². The Morgan fingerprint density at radius 3 is 3.00 bits per heavy atom. The molecule has 4 heteroatoms. The van der Waals surface area contributed by atoms with Crippen molar-refractivity contribution < 1.29 is 0 Å². The van der Waals surface area contributed by atoms with Crippen LogP contribution in [0.15, 0.2) is 24.3 Å². The van der Waals surface area contributed by atoms with Gasteiger partial charge in [0.1, 0.15) is 12.7 Å². The molecule has 94 valence electrons. The van der Waals surface area contributed by atoms with Crippen LogP contribution in [0, 0.1) is 0 Å². The summed E-state index contributed by atoms with van der Waals surface area (Å²) in [7, 11) is 0. The van der Waals surface area contributed by atoms with Crippen LogP contribution in [0.5, 0.6) is 0 Å². The predicted molar refractivity (Wildman–Crippen MR) is 68.7 cm³/mol. The number of hydrogen-bond donors (Lipinski definition) is 0. The lowest BCUT2D eigenvalue weighted by Crippen LogP contribution is -2.42. The quantitative estimate of drug-likeness (QED) is 0.748. The first-order valence-corrected chi connectivity index (χ1v) is 6.45. The minimum Gasteiger partial charge on any atom is -0.295 e. The van der Waals surface area contributed by atoms with Crippen molar-refractivity contribution in [1.29, 1.82) is 0 Å². The van der Waals surface area contributed by atoms with Crippen molar-refractivity contribution in [1.82, 2.24) is 19.7 Å². The van der Waals surface area contributed by atoms with Gasteiger partial charge in [-0.3, -0.25) is 9.58 Å². The van der Waals surface area contributed by atoms with Crippen molar-refractivity contribution in [2.75, 3.05) is 13.1 Å². The molecule has 1 atom stereocenters. The van der Waals surface area contributed by atoms with Crippen LogP contribution in [-0.4, -0.2) is 38.8 Å². The first kappa shape index (κ1) is 12.3. The molecule has 0 N–H and O–H groups in total. The summed E-state index contributed by atoms with van der Waals surface area (Å²) >= 11 is 0. The third-order valence-electron chi connectivity index (χ3n) is 3.35. The van der Waals surface area contributed by atoms with Crippen LogP contribution in [0.4, 0.5) is 0 Å². The molecule has 0 unspecified atom stereocenters. The van der Waals surface area contributed by atoms with Crippen molar-refractivity contribution >= 4 is 0 Å². The minimum atomic E-state index is 0.612. The Balaban J connectivity index is 1.94. The fourth-order valence-electron chi connectivity index (χ4n) is 2.35. The molecule has 2 rings (SSSR count). The van der Waals surface area contributed by atoms with Crippen molar-refractivity contribution in [3.05, 3.63) is 24.3 Å². The SMILES string of the molecule is CC(C)=CCN1CCCC[C@H]1Cn1cncn1. The summed E-state index contributed by atoms with van der Waals surface area (Å²) in [5.41, 5.74) is 1.40. The van der Waals surface area contributed by atoms with E-state index in [-0.39, 0.29) is 0 Å². The molecule has 0 saturated carbocycles. The lowest BCUT2D eigenvalue weighted by molar-refractivity contribution is 0.144. The second-order valence-corrected chi connectivity index (χ2v) is 5.04. The van der Waals surface area contributed by atoms with Gasteiger partial charge in [-0.15, -0.1) is 0 Å². The standard InChI is InChI=1S/C13H22N4/c1-12(2)6-8-16-7-4-3-5-13(16)9-17-11-14-10-15-17/h6,10-11,13H,3-5,7-9H2,1-2H3/t13-/m0/s1. The molecule has 1 fully saturated rings. The maximum atomic E-state index is 4.20. The van der Waals surface area contributed by atoms with Gasteiger partial charge in [-0.2, -0.15) is 5.10 Å². The van der Waals surface area contributed by atoms with Crippen LogP contribution < -0.4 is 0 Å². The Bertz CT molecular complexity index is 352. The molecule has 1 aromatic heterocycles. The fourth-order valence-corrected chi connectivity index (χ4v) is 2.35. The van der Waals surface area contributed by atoms with Gasteiger partial charge in [-0.05, 0) is 33.2 Å². The molecule has 0 aliphatic carbocycles. The number of allylic oxidation sites excluding steroid dienone is 1. The van der Waals surface area contributed by atoms with Crippen LogP contribution in [0.25, 0.3) is 0 Å². The molecule has 1 aliphatic rings. The number of hydrogen-bond acceptors (Lipinski definition) is 3. The third kappa shape index (κ3) is 3.66. The zero-order chi connectivity index (χ0) is 12.1. The van der Waals surface area contributed by atoms with Crippen LogP contribution in [0.3, 0.4) is 0 Å². The van der Waals surface area contributed by atoms with Crippen LogP contribution in [0.2, 0.25) is 0 Å². The van der Waals surface area contributed by atoms with Gasteiger partial charge >= 0.3 is 0 Å². The molecule has 0 radical (unpaired) electrons. The van der Waals surface area contributed by atoms with Crippen LogP contribution in [-0.2, 0) is 6.54 Å². The molecule has 1 saturated heterocycles. The van der Waals surface area contributed by atoms with E-state index in [1.165, 1.54) is 31.4 Å². The largest absolute Gasteiger partial charge is 0.295 e. The Morgan fingerprint density at radius 2 is 2.29 bits per heavy atom. The molecular formula is C13H22N4. The van der Waals surface area contributed by atoms with Gasteiger partial charge in [0.15, 0.2) is 0 Å². The van der Waals surface area contributed by atoms with E-state index in [2.05, 4.69) is 34.9 Å². The van der Waals surface area contributed by atoms with Gasteiger partial charge in [0.2, 0.25) is 0 Å².